The van der Waals surface area contributed by atoms with Crippen LogP contribution in [-0.4, -0.2) is 17.7 Å². The highest BCUT2D eigenvalue weighted by molar-refractivity contribution is 6.10. The SMILES string of the molecule is CC(=O)C(N=Nc1ccccc1)C(=O)Nc1ccccc1. The normalized spacial score (nSPS) is 12.0. The van der Waals surface area contributed by atoms with Crippen molar-refractivity contribution in [2.45, 2.75) is 13.0 Å². The molecular weight excluding hydrogens is 266 g/mol. The van der Waals surface area contributed by atoms with Gasteiger partial charge in [-0.2, -0.15) is 10.2 Å². The van der Waals surface area contributed by atoms with Crippen molar-refractivity contribution in [2.75, 3.05) is 5.32 Å². The Morgan fingerprint density at radius 3 is 2.10 bits per heavy atom. The predicted molar refractivity (Wildman–Crippen MR) is 80.5 cm³/mol. The van der Waals surface area contributed by atoms with Gasteiger partial charge in [-0.1, -0.05) is 36.4 Å². The molecule has 21 heavy (non-hydrogen) atoms. The lowest BCUT2D eigenvalue weighted by Crippen LogP contribution is -2.31. The number of hydrogen-bond acceptors (Lipinski definition) is 4. The molecule has 1 unspecified atom stereocenters. The summed E-state index contributed by atoms with van der Waals surface area (Å²) in [4.78, 5) is 23.7. The minimum absolute atomic E-state index is 0.358. The molecule has 0 heterocycles. The number of hydrogen-bond donors (Lipinski definition) is 1. The zero-order valence-electron chi connectivity index (χ0n) is 11.6. The molecule has 5 heteroatoms. The highest BCUT2D eigenvalue weighted by atomic mass is 16.2. The fraction of sp³-hybridized carbons (Fsp3) is 0.125. The second kappa shape index (κ2) is 7.09. The van der Waals surface area contributed by atoms with Crippen LogP contribution in [0.25, 0.3) is 0 Å². The Bertz CT molecular complexity index is 639. The van der Waals surface area contributed by atoms with E-state index < -0.39 is 11.9 Å². The van der Waals surface area contributed by atoms with Gasteiger partial charge >= 0.3 is 0 Å². The van der Waals surface area contributed by atoms with Gasteiger partial charge < -0.3 is 5.32 Å². The molecule has 0 saturated heterocycles. The monoisotopic (exact) mass is 281 g/mol. The summed E-state index contributed by atoms with van der Waals surface area (Å²) < 4.78 is 0. The van der Waals surface area contributed by atoms with Gasteiger partial charge in [0, 0.05) is 5.69 Å². The maximum Gasteiger partial charge on any atom is 0.258 e. The number of rotatable bonds is 5. The number of carbonyl (C=O) groups excluding carboxylic acids is 2. The second-order valence-corrected chi connectivity index (χ2v) is 4.42. The number of anilines is 1. The number of amides is 1. The minimum Gasteiger partial charge on any atom is -0.324 e. The molecule has 0 aliphatic rings. The van der Waals surface area contributed by atoms with E-state index >= 15 is 0 Å². The Morgan fingerprint density at radius 1 is 0.952 bits per heavy atom. The van der Waals surface area contributed by atoms with Crippen molar-refractivity contribution in [3.63, 3.8) is 0 Å². The summed E-state index contributed by atoms with van der Waals surface area (Å²) >= 11 is 0. The van der Waals surface area contributed by atoms with Crippen LogP contribution in [0.3, 0.4) is 0 Å². The van der Waals surface area contributed by atoms with E-state index in [2.05, 4.69) is 15.5 Å². The van der Waals surface area contributed by atoms with E-state index in [0.29, 0.717) is 11.4 Å². The molecule has 0 aliphatic heterocycles. The van der Waals surface area contributed by atoms with Gasteiger partial charge in [-0.05, 0) is 31.2 Å². The fourth-order valence-corrected chi connectivity index (χ4v) is 1.67. The Labute approximate surface area is 122 Å². The highest BCUT2D eigenvalue weighted by Gasteiger charge is 2.23. The van der Waals surface area contributed by atoms with E-state index in [4.69, 9.17) is 0 Å². The Balaban J connectivity index is 2.10. The van der Waals surface area contributed by atoms with Crippen molar-refractivity contribution in [2.24, 2.45) is 10.2 Å². The lowest BCUT2D eigenvalue weighted by molar-refractivity contribution is -0.126. The average molecular weight is 281 g/mol. The first-order valence-corrected chi connectivity index (χ1v) is 6.49. The van der Waals surface area contributed by atoms with E-state index in [1.54, 1.807) is 48.5 Å². The lowest BCUT2D eigenvalue weighted by atomic mass is 10.2. The van der Waals surface area contributed by atoms with Crippen LogP contribution >= 0.6 is 0 Å². The van der Waals surface area contributed by atoms with Gasteiger partial charge in [0.1, 0.15) is 0 Å². The molecule has 0 spiro atoms. The smallest absolute Gasteiger partial charge is 0.258 e. The number of carbonyl (C=O) groups is 2. The summed E-state index contributed by atoms with van der Waals surface area (Å²) in [5.41, 5.74) is 1.21. The molecule has 0 fully saturated rings. The van der Waals surface area contributed by atoms with Crippen LogP contribution in [0.1, 0.15) is 6.92 Å². The molecule has 0 radical (unpaired) electrons. The van der Waals surface area contributed by atoms with Crippen LogP contribution in [0.2, 0.25) is 0 Å². The van der Waals surface area contributed by atoms with E-state index in [-0.39, 0.29) is 5.78 Å². The molecule has 5 nitrogen and oxygen atoms in total. The summed E-state index contributed by atoms with van der Waals surface area (Å²) in [7, 11) is 0. The van der Waals surface area contributed by atoms with Crippen molar-refractivity contribution in [3.05, 3.63) is 60.7 Å². The molecule has 2 aromatic rings. The number of nitrogens with one attached hydrogen (secondary N) is 1. The summed E-state index contributed by atoms with van der Waals surface area (Å²) in [6.07, 6.45) is 0. The first-order chi connectivity index (χ1) is 10.2. The number of ketones is 1. The number of nitrogens with zero attached hydrogens (tertiary/aromatic N) is 2. The largest absolute Gasteiger partial charge is 0.324 e. The molecule has 106 valence electrons. The number of azo groups is 1. The minimum atomic E-state index is -1.15. The van der Waals surface area contributed by atoms with Crippen molar-refractivity contribution >= 4 is 23.1 Å². The van der Waals surface area contributed by atoms with Crippen LogP contribution in [0.5, 0.6) is 0 Å². The third-order valence-electron chi connectivity index (χ3n) is 2.72. The quantitative estimate of drug-likeness (QED) is 0.674. The van der Waals surface area contributed by atoms with Gasteiger partial charge in [0.15, 0.2) is 5.78 Å². The Morgan fingerprint density at radius 2 is 1.52 bits per heavy atom. The Hall–Kier alpha value is -2.82. The van der Waals surface area contributed by atoms with E-state index in [0.717, 1.165) is 0 Å². The molecule has 1 atom stereocenters. The van der Waals surface area contributed by atoms with E-state index in [1.807, 2.05) is 12.1 Å². The van der Waals surface area contributed by atoms with Gasteiger partial charge in [0.25, 0.3) is 5.91 Å². The first kappa shape index (κ1) is 14.6. The van der Waals surface area contributed by atoms with Crippen LogP contribution in [0, 0.1) is 0 Å². The second-order valence-electron chi connectivity index (χ2n) is 4.42. The highest BCUT2D eigenvalue weighted by Crippen LogP contribution is 2.13. The maximum atomic E-state index is 12.1. The van der Waals surface area contributed by atoms with Gasteiger partial charge in [0.2, 0.25) is 6.04 Å². The summed E-state index contributed by atoms with van der Waals surface area (Å²) in [6.45, 7) is 1.32. The first-order valence-electron chi connectivity index (χ1n) is 6.49. The Kier molecular flexibility index (Phi) is 4.93. The van der Waals surface area contributed by atoms with E-state index in [9.17, 15) is 9.59 Å². The van der Waals surface area contributed by atoms with Gasteiger partial charge in [-0.25, -0.2) is 0 Å². The molecule has 1 N–H and O–H groups in total. The zero-order chi connectivity index (χ0) is 15.1. The number of para-hydroxylation sites is 1. The van der Waals surface area contributed by atoms with Gasteiger partial charge in [-0.15, -0.1) is 0 Å². The fourth-order valence-electron chi connectivity index (χ4n) is 1.67. The molecule has 0 bridgehead atoms. The van der Waals surface area contributed by atoms with Crippen molar-refractivity contribution in [1.29, 1.82) is 0 Å². The van der Waals surface area contributed by atoms with Crippen LogP contribution in [0.15, 0.2) is 70.9 Å². The molecule has 1 amide bonds. The maximum absolute atomic E-state index is 12.1. The number of benzene rings is 2. The molecule has 2 aromatic carbocycles. The third kappa shape index (κ3) is 4.35. The number of Topliss-reactive ketones (excluding diaryl/α,β-unsaturated/α-hetero) is 1. The third-order valence-corrected chi connectivity index (χ3v) is 2.72. The van der Waals surface area contributed by atoms with Gasteiger partial charge in [-0.3, -0.25) is 9.59 Å². The average Bonchev–Trinajstić information content (AvgIpc) is 2.49. The molecule has 0 aromatic heterocycles. The van der Waals surface area contributed by atoms with Crippen LogP contribution in [-0.2, 0) is 9.59 Å². The topological polar surface area (TPSA) is 70.9 Å². The van der Waals surface area contributed by atoms with Crippen LogP contribution < -0.4 is 5.32 Å². The van der Waals surface area contributed by atoms with Crippen molar-refractivity contribution in [3.8, 4) is 0 Å². The summed E-state index contributed by atoms with van der Waals surface area (Å²) in [5.74, 6) is -0.850. The predicted octanol–water partition coefficient (Wildman–Crippen LogP) is 3.37. The molecule has 2 rings (SSSR count). The van der Waals surface area contributed by atoms with Crippen molar-refractivity contribution < 1.29 is 9.59 Å². The molecular formula is C16H15N3O2. The van der Waals surface area contributed by atoms with Crippen LogP contribution in [0.4, 0.5) is 11.4 Å². The van der Waals surface area contributed by atoms with Gasteiger partial charge in [0.05, 0.1) is 5.69 Å². The zero-order valence-corrected chi connectivity index (χ0v) is 11.6. The van der Waals surface area contributed by atoms with Crippen molar-refractivity contribution in [1.82, 2.24) is 0 Å². The molecule has 0 saturated carbocycles. The molecule has 0 aliphatic carbocycles. The van der Waals surface area contributed by atoms with E-state index in [1.165, 1.54) is 6.92 Å². The summed E-state index contributed by atoms with van der Waals surface area (Å²) in [6, 6.07) is 16.7. The lowest BCUT2D eigenvalue weighted by Gasteiger charge is -2.09. The standard InChI is InChI=1S/C16H15N3O2/c1-12(20)15(19-18-14-10-6-3-7-11-14)16(21)17-13-8-4-2-5-9-13/h2-11,15H,1H3,(H,17,21). The summed E-state index contributed by atoms with van der Waals surface area (Å²) in [5, 5.41) is 10.4.